The molecule has 0 saturated carbocycles. The Bertz CT molecular complexity index is 1230. The first-order valence-electron chi connectivity index (χ1n) is 13.3. The Kier molecular flexibility index (Phi) is 9.76. The number of rotatable bonds is 10. The van der Waals surface area contributed by atoms with Gasteiger partial charge in [-0.2, -0.15) is 0 Å². The van der Waals surface area contributed by atoms with E-state index in [2.05, 4.69) is 31.0 Å². The number of nitrogens with zero attached hydrogens (tertiary/aromatic N) is 4. The number of thioether (sulfide) groups is 1. The summed E-state index contributed by atoms with van der Waals surface area (Å²) in [5.74, 6) is 1.29. The molecule has 1 amide bonds. The summed E-state index contributed by atoms with van der Waals surface area (Å²) in [6, 6.07) is 20.0. The summed E-state index contributed by atoms with van der Waals surface area (Å²) in [4.78, 5) is 38.9. The molecule has 7 nitrogen and oxygen atoms in total. The molecule has 200 valence electrons. The minimum Gasteiger partial charge on any atom is -0.466 e. The van der Waals surface area contributed by atoms with Crippen molar-refractivity contribution in [2.45, 2.75) is 44.0 Å². The quantitative estimate of drug-likeness (QED) is 0.188. The van der Waals surface area contributed by atoms with Crippen molar-refractivity contribution >= 4 is 29.5 Å². The first-order chi connectivity index (χ1) is 18.5. The molecule has 1 aliphatic heterocycles. The lowest BCUT2D eigenvalue weighted by molar-refractivity contribution is -0.149. The van der Waals surface area contributed by atoms with Gasteiger partial charge in [0.2, 0.25) is 0 Å². The number of aromatic nitrogens is 2. The number of esters is 1. The summed E-state index contributed by atoms with van der Waals surface area (Å²) >= 11 is 1.57. The van der Waals surface area contributed by atoms with Gasteiger partial charge in [0.1, 0.15) is 5.82 Å². The minimum absolute atomic E-state index is 0.00459. The Morgan fingerprint density at radius 2 is 1.79 bits per heavy atom. The highest BCUT2D eigenvalue weighted by Crippen LogP contribution is 2.28. The highest BCUT2D eigenvalue weighted by molar-refractivity contribution is 7.98. The maximum Gasteiger partial charge on any atom is 0.309 e. The van der Waals surface area contributed by atoms with Gasteiger partial charge in [-0.15, -0.1) is 0 Å². The molecule has 1 fully saturated rings. The van der Waals surface area contributed by atoms with Crippen LogP contribution in [-0.4, -0.2) is 60.0 Å². The number of hydrogen-bond donors (Lipinski definition) is 0. The molecular formula is C30H36N4O3S. The average molecular weight is 533 g/mol. The second-order valence-corrected chi connectivity index (χ2v) is 10.4. The fraction of sp³-hybridized carbons (Fsp3) is 0.400. The molecule has 0 bridgehead atoms. The number of amides is 1. The predicted molar refractivity (Wildman–Crippen MR) is 152 cm³/mol. The van der Waals surface area contributed by atoms with E-state index in [0.29, 0.717) is 49.0 Å². The summed E-state index contributed by atoms with van der Waals surface area (Å²) < 4.78 is 5.15. The van der Waals surface area contributed by atoms with Crippen LogP contribution in [0.5, 0.6) is 0 Å². The molecule has 0 N–H and O–H groups in total. The van der Waals surface area contributed by atoms with E-state index in [1.54, 1.807) is 11.8 Å². The Morgan fingerprint density at radius 3 is 2.50 bits per heavy atom. The van der Waals surface area contributed by atoms with Gasteiger partial charge in [-0.25, -0.2) is 9.97 Å². The van der Waals surface area contributed by atoms with E-state index >= 15 is 0 Å². The van der Waals surface area contributed by atoms with E-state index in [1.807, 2.05) is 60.4 Å². The van der Waals surface area contributed by atoms with Crippen LogP contribution >= 0.6 is 11.8 Å². The van der Waals surface area contributed by atoms with E-state index < -0.39 is 0 Å². The molecule has 1 saturated heterocycles. The van der Waals surface area contributed by atoms with Crippen molar-refractivity contribution in [3.8, 4) is 11.3 Å². The second kappa shape index (κ2) is 13.4. The van der Waals surface area contributed by atoms with E-state index in [0.717, 1.165) is 35.6 Å². The lowest BCUT2D eigenvalue weighted by Crippen LogP contribution is -2.40. The fourth-order valence-electron chi connectivity index (χ4n) is 4.58. The van der Waals surface area contributed by atoms with Gasteiger partial charge in [0, 0.05) is 49.6 Å². The van der Waals surface area contributed by atoms with E-state index in [4.69, 9.17) is 14.7 Å². The van der Waals surface area contributed by atoms with Crippen LogP contribution in [-0.2, 0) is 15.3 Å². The van der Waals surface area contributed by atoms with Crippen molar-refractivity contribution in [1.82, 2.24) is 14.9 Å². The summed E-state index contributed by atoms with van der Waals surface area (Å²) in [5, 5.41) is 0.710. The molecule has 4 rings (SSSR count). The monoisotopic (exact) mass is 532 g/mol. The summed E-state index contributed by atoms with van der Waals surface area (Å²) in [6.45, 7) is 6.41. The van der Waals surface area contributed by atoms with Crippen molar-refractivity contribution in [3.05, 3.63) is 71.8 Å². The topological polar surface area (TPSA) is 75.6 Å². The van der Waals surface area contributed by atoms with E-state index in [-0.39, 0.29) is 17.8 Å². The fourth-order valence-corrected chi connectivity index (χ4v) is 5.38. The zero-order valence-corrected chi connectivity index (χ0v) is 23.2. The van der Waals surface area contributed by atoms with Gasteiger partial charge in [0.25, 0.3) is 5.91 Å². The highest BCUT2D eigenvalue weighted by Gasteiger charge is 2.28. The standard InChI is InChI=1S/C30H36N4O3S/c1-4-16-33(3)27-20-26(23-11-7-6-8-12-23)31-30(32-27)38-21-22-10-9-13-25(19-22)28(35)34-17-14-24(15-18-34)29(36)37-5-2/h6-13,19-20,24H,4-5,14-18,21H2,1-3H3. The molecule has 2 heterocycles. The van der Waals surface area contributed by atoms with Crippen molar-refractivity contribution in [1.29, 1.82) is 0 Å². The van der Waals surface area contributed by atoms with Crippen LogP contribution < -0.4 is 4.90 Å². The van der Waals surface area contributed by atoms with Crippen LogP contribution in [0.2, 0.25) is 0 Å². The summed E-state index contributed by atoms with van der Waals surface area (Å²) in [6.07, 6.45) is 2.32. The molecular weight excluding hydrogens is 496 g/mol. The average Bonchev–Trinajstić information content (AvgIpc) is 2.96. The Morgan fingerprint density at radius 1 is 1.03 bits per heavy atom. The van der Waals surface area contributed by atoms with Crippen molar-refractivity contribution < 1.29 is 14.3 Å². The van der Waals surface area contributed by atoms with E-state index in [9.17, 15) is 9.59 Å². The molecule has 0 atom stereocenters. The Labute approximate surface area is 229 Å². The highest BCUT2D eigenvalue weighted by atomic mass is 32.2. The third-order valence-corrected chi connectivity index (χ3v) is 7.57. The third-order valence-electron chi connectivity index (χ3n) is 6.66. The molecule has 38 heavy (non-hydrogen) atoms. The SMILES string of the molecule is CCCN(C)c1cc(-c2ccccc2)nc(SCc2cccc(C(=O)N3CCC(C(=O)OCC)CC3)c2)n1. The molecule has 2 aromatic carbocycles. The number of benzene rings is 2. The third kappa shape index (κ3) is 7.13. The second-order valence-electron chi connectivity index (χ2n) is 9.49. The van der Waals surface area contributed by atoms with Gasteiger partial charge >= 0.3 is 5.97 Å². The molecule has 1 aromatic heterocycles. The van der Waals surface area contributed by atoms with Crippen LogP contribution in [0, 0.1) is 5.92 Å². The van der Waals surface area contributed by atoms with Crippen molar-refractivity contribution in [2.24, 2.45) is 5.92 Å². The first-order valence-corrected chi connectivity index (χ1v) is 14.3. The molecule has 0 unspecified atom stereocenters. The van der Waals surface area contributed by atoms with Crippen molar-refractivity contribution in [3.63, 3.8) is 0 Å². The van der Waals surface area contributed by atoms with Crippen LogP contribution in [0.15, 0.2) is 65.8 Å². The number of likely N-dealkylation sites (tertiary alicyclic amines) is 1. The van der Waals surface area contributed by atoms with Gasteiger partial charge < -0.3 is 14.5 Å². The molecule has 1 aliphatic rings. The number of anilines is 1. The number of hydrogen-bond acceptors (Lipinski definition) is 7. The Hall–Kier alpha value is -3.39. The molecule has 3 aromatic rings. The summed E-state index contributed by atoms with van der Waals surface area (Å²) in [7, 11) is 2.06. The van der Waals surface area contributed by atoms with Crippen LogP contribution in [0.4, 0.5) is 5.82 Å². The van der Waals surface area contributed by atoms with Gasteiger partial charge in [0.15, 0.2) is 5.16 Å². The molecule has 0 aliphatic carbocycles. The normalized spacial score (nSPS) is 13.8. The van der Waals surface area contributed by atoms with Crippen LogP contribution in [0.3, 0.4) is 0 Å². The van der Waals surface area contributed by atoms with Crippen LogP contribution in [0.25, 0.3) is 11.3 Å². The largest absolute Gasteiger partial charge is 0.466 e. The van der Waals surface area contributed by atoms with Gasteiger partial charge in [-0.1, -0.05) is 61.2 Å². The van der Waals surface area contributed by atoms with Gasteiger partial charge in [-0.3, -0.25) is 9.59 Å². The predicted octanol–water partition coefficient (Wildman–Crippen LogP) is 5.70. The maximum atomic E-state index is 13.2. The summed E-state index contributed by atoms with van der Waals surface area (Å²) in [5.41, 5.74) is 3.66. The molecule has 0 spiro atoms. The zero-order chi connectivity index (χ0) is 26.9. The van der Waals surface area contributed by atoms with E-state index in [1.165, 1.54) is 0 Å². The lowest BCUT2D eigenvalue weighted by Gasteiger charge is -2.31. The maximum absolute atomic E-state index is 13.2. The number of carbonyl (C=O) groups is 2. The van der Waals surface area contributed by atoms with Gasteiger partial charge in [0.05, 0.1) is 18.2 Å². The number of ether oxygens (including phenoxy) is 1. The number of carbonyl (C=O) groups excluding carboxylic acids is 2. The molecule has 8 heteroatoms. The lowest BCUT2D eigenvalue weighted by atomic mass is 9.96. The van der Waals surface area contributed by atoms with Gasteiger partial charge in [-0.05, 0) is 43.9 Å². The van der Waals surface area contributed by atoms with Crippen LogP contribution in [0.1, 0.15) is 49.0 Å². The minimum atomic E-state index is -0.152. The smallest absolute Gasteiger partial charge is 0.309 e. The number of piperidine rings is 1. The zero-order valence-electron chi connectivity index (χ0n) is 22.4. The van der Waals surface area contributed by atoms with Crippen molar-refractivity contribution in [2.75, 3.05) is 38.2 Å². The Balaban J connectivity index is 1.44. The molecule has 0 radical (unpaired) electrons. The first kappa shape index (κ1) is 27.6.